The number of amides is 1. The maximum absolute atomic E-state index is 12.0. The van der Waals surface area contributed by atoms with Crippen LogP contribution in [0.5, 0.6) is 0 Å². The summed E-state index contributed by atoms with van der Waals surface area (Å²) in [7, 11) is 1.38. The van der Waals surface area contributed by atoms with E-state index < -0.39 is 0 Å². The van der Waals surface area contributed by atoms with Gasteiger partial charge in [-0.05, 0) is 19.8 Å². The normalized spacial score (nSPS) is 13.9. The number of methoxy groups -OCH3 is 1. The molecule has 0 rings (SSSR count). The third-order valence-corrected chi connectivity index (χ3v) is 2.98. The molecule has 0 aromatic carbocycles. The van der Waals surface area contributed by atoms with Gasteiger partial charge in [0.25, 0.3) is 0 Å². The molecule has 17 heavy (non-hydrogen) atoms. The fourth-order valence-electron chi connectivity index (χ4n) is 1.68. The Kier molecular flexibility index (Phi) is 7.59. The summed E-state index contributed by atoms with van der Waals surface area (Å²) in [4.78, 5) is 25.1. The van der Waals surface area contributed by atoms with Crippen LogP contribution in [0.15, 0.2) is 0 Å². The first-order valence-corrected chi connectivity index (χ1v) is 6.35. The zero-order valence-electron chi connectivity index (χ0n) is 11.7. The van der Waals surface area contributed by atoms with E-state index in [1.54, 1.807) is 11.8 Å². The third-order valence-electron chi connectivity index (χ3n) is 2.98. The van der Waals surface area contributed by atoms with Crippen molar-refractivity contribution in [3.05, 3.63) is 0 Å². The molecule has 0 N–H and O–H groups in total. The summed E-state index contributed by atoms with van der Waals surface area (Å²) in [5, 5.41) is 0. The highest BCUT2D eigenvalue weighted by Crippen LogP contribution is 2.11. The average molecular weight is 243 g/mol. The molecular formula is C13H25NO3. The first-order chi connectivity index (χ1) is 7.97. The lowest BCUT2D eigenvalue weighted by Crippen LogP contribution is -2.42. The predicted molar refractivity (Wildman–Crippen MR) is 67.6 cm³/mol. The van der Waals surface area contributed by atoms with Crippen molar-refractivity contribution in [1.29, 1.82) is 0 Å². The number of hydrogen-bond donors (Lipinski definition) is 0. The molecule has 0 aliphatic rings. The molecule has 0 fully saturated rings. The van der Waals surface area contributed by atoms with Crippen molar-refractivity contribution < 1.29 is 14.3 Å². The smallest absolute Gasteiger partial charge is 0.310 e. The van der Waals surface area contributed by atoms with Crippen LogP contribution in [0.2, 0.25) is 0 Å². The number of hydrogen-bond acceptors (Lipinski definition) is 3. The monoisotopic (exact) mass is 243 g/mol. The van der Waals surface area contributed by atoms with Crippen LogP contribution in [0.3, 0.4) is 0 Å². The maximum Gasteiger partial charge on any atom is 0.310 e. The molecule has 0 radical (unpaired) electrons. The Morgan fingerprint density at radius 1 is 1.24 bits per heavy atom. The van der Waals surface area contributed by atoms with E-state index in [4.69, 9.17) is 0 Å². The molecule has 0 aromatic rings. The second-order valence-electron chi connectivity index (χ2n) is 4.48. The van der Waals surface area contributed by atoms with Crippen LogP contribution in [-0.4, -0.2) is 36.5 Å². The Morgan fingerprint density at radius 3 is 2.24 bits per heavy atom. The van der Waals surface area contributed by atoms with Gasteiger partial charge in [0.2, 0.25) is 5.91 Å². The van der Waals surface area contributed by atoms with Gasteiger partial charge in [0.05, 0.1) is 13.0 Å². The van der Waals surface area contributed by atoms with E-state index >= 15 is 0 Å². The van der Waals surface area contributed by atoms with Gasteiger partial charge in [0.1, 0.15) is 0 Å². The zero-order valence-corrected chi connectivity index (χ0v) is 11.7. The molecule has 2 unspecified atom stereocenters. The Bertz CT molecular complexity index is 253. The van der Waals surface area contributed by atoms with Crippen molar-refractivity contribution in [3.63, 3.8) is 0 Å². The predicted octanol–water partition coefficient (Wildman–Crippen LogP) is 2.22. The Labute approximate surface area is 104 Å². The minimum atomic E-state index is -0.269. The molecule has 4 heteroatoms. The summed E-state index contributed by atoms with van der Waals surface area (Å²) in [6.45, 7) is 8.27. The van der Waals surface area contributed by atoms with Gasteiger partial charge in [-0.2, -0.15) is 0 Å². The van der Waals surface area contributed by atoms with E-state index in [0.717, 1.165) is 12.8 Å². The quantitative estimate of drug-likeness (QED) is 0.644. The zero-order chi connectivity index (χ0) is 13.4. The lowest BCUT2D eigenvalue weighted by molar-refractivity contribution is -0.147. The fourth-order valence-corrected chi connectivity index (χ4v) is 1.68. The Hall–Kier alpha value is -1.06. The molecule has 0 saturated carbocycles. The van der Waals surface area contributed by atoms with Crippen molar-refractivity contribution in [3.8, 4) is 0 Å². The molecule has 0 aromatic heterocycles. The molecule has 0 aliphatic heterocycles. The van der Waals surface area contributed by atoms with Crippen molar-refractivity contribution in [2.24, 2.45) is 5.92 Å². The van der Waals surface area contributed by atoms with Gasteiger partial charge < -0.3 is 9.64 Å². The SMILES string of the molecule is CCCC(=O)N(CC(C)C(=O)OC)C(C)CC. The summed E-state index contributed by atoms with van der Waals surface area (Å²) in [6.07, 6.45) is 2.26. The van der Waals surface area contributed by atoms with Gasteiger partial charge in [0.15, 0.2) is 0 Å². The highest BCUT2D eigenvalue weighted by Gasteiger charge is 2.23. The number of ether oxygens (including phenoxy) is 1. The van der Waals surface area contributed by atoms with Gasteiger partial charge in [0, 0.05) is 19.0 Å². The third kappa shape index (κ3) is 5.20. The maximum atomic E-state index is 12.0. The highest BCUT2D eigenvalue weighted by molar-refractivity contribution is 5.78. The summed E-state index contributed by atoms with van der Waals surface area (Å²) in [5.41, 5.74) is 0. The summed E-state index contributed by atoms with van der Waals surface area (Å²) in [5.74, 6) is -0.407. The number of carbonyl (C=O) groups is 2. The number of nitrogens with zero attached hydrogens (tertiary/aromatic N) is 1. The van der Waals surface area contributed by atoms with Gasteiger partial charge in [-0.3, -0.25) is 9.59 Å². The number of carbonyl (C=O) groups excluding carboxylic acids is 2. The summed E-state index contributed by atoms with van der Waals surface area (Å²) >= 11 is 0. The van der Waals surface area contributed by atoms with Crippen LogP contribution in [0, 0.1) is 5.92 Å². The van der Waals surface area contributed by atoms with Crippen LogP contribution < -0.4 is 0 Å². The highest BCUT2D eigenvalue weighted by atomic mass is 16.5. The van der Waals surface area contributed by atoms with E-state index in [9.17, 15) is 9.59 Å². The van der Waals surface area contributed by atoms with Crippen molar-refractivity contribution in [1.82, 2.24) is 4.90 Å². The Balaban J connectivity index is 4.59. The molecule has 2 atom stereocenters. The molecule has 0 bridgehead atoms. The van der Waals surface area contributed by atoms with E-state index in [0.29, 0.717) is 13.0 Å². The second kappa shape index (κ2) is 8.09. The molecule has 0 aliphatic carbocycles. The largest absolute Gasteiger partial charge is 0.469 e. The standard InChI is InChI=1S/C13H25NO3/c1-6-8-12(15)14(11(4)7-2)9-10(3)13(16)17-5/h10-11H,6-9H2,1-5H3. The van der Waals surface area contributed by atoms with Crippen LogP contribution in [0.25, 0.3) is 0 Å². The molecule has 100 valence electrons. The lowest BCUT2D eigenvalue weighted by Gasteiger charge is -2.30. The minimum Gasteiger partial charge on any atom is -0.469 e. The van der Waals surface area contributed by atoms with E-state index in [1.165, 1.54) is 7.11 Å². The van der Waals surface area contributed by atoms with Crippen molar-refractivity contribution in [2.45, 2.75) is 53.0 Å². The lowest BCUT2D eigenvalue weighted by atomic mass is 10.1. The van der Waals surface area contributed by atoms with Crippen molar-refractivity contribution in [2.75, 3.05) is 13.7 Å². The second-order valence-corrected chi connectivity index (χ2v) is 4.48. The van der Waals surface area contributed by atoms with Gasteiger partial charge >= 0.3 is 5.97 Å². The first-order valence-electron chi connectivity index (χ1n) is 6.35. The number of esters is 1. The van der Waals surface area contributed by atoms with E-state index in [1.807, 2.05) is 20.8 Å². The van der Waals surface area contributed by atoms with Crippen LogP contribution in [0.4, 0.5) is 0 Å². The van der Waals surface area contributed by atoms with Crippen LogP contribution in [-0.2, 0) is 14.3 Å². The minimum absolute atomic E-state index is 0.123. The van der Waals surface area contributed by atoms with Gasteiger partial charge in [-0.1, -0.05) is 20.8 Å². The van der Waals surface area contributed by atoms with Crippen LogP contribution in [0.1, 0.15) is 47.0 Å². The molecular weight excluding hydrogens is 218 g/mol. The van der Waals surface area contributed by atoms with Gasteiger partial charge in [-0.15, -0.1) is 0 Å². The average Bonchev–Trinajstić information content (AvgIpc) is 2.33. The number of rotatable bonds is 7. The molecule has 4 nitrogen and oxygen atoms in total. The van der Waals surface area contributed by atoms with Gasteiger partial charge in [-0.25, -0.2) is 0 Å². The molecule has 1 amide bonds. The summed E-state index contributed by atoms with van der Waals surface area (Å²) < 4.78 is 4.69. The summed E-state index contributed by atoms with van der Waals surface area (Å²) in [6, 6.07) is 0.168. The Morgan fingerprint density at radius 2 is 1.82 bits per heavy atom. The fraction of sp³-hybridized carbons (Fsp3) is 0.846. The topological polar surface area (TPSA) is 46.6 Å². The van der Waals surface area contributed by atoms with E-state index in [-0.39, 0.29) is 23.8 Å². The first kappa shape index (κ1) is 15.9. The molecule has 0 spiro atoms. The van der Waals surface area contributed by atoms with Crippen molar-refractivity contribution >= 4 is 11.9 Å². The molecule has 0 heterocycles. The van der Waals surface area contributed by atoms with Crippen LogP contribution >= 0.6 is 0 Å². The molecule has 0 saturated heterocycles. The van der Waals surface area contributed by atoms with E-state index in [2.05, 4.69) is 4.74 Å².